The molecule has 1 aromatic carbocycles. The summed E-state index contributed by atoms with van der Waals surface area (Å²) >= 11 is 1.67. The van der Waals surface area contributed by atoms with Crippen molar-refractivity contribution in [1.29, 1.82) is 0 Å². The van der Waals surface area contributed by atoms with E-state index < -0.39 is 6.10 Å². The molecule has 0 saturated heterocycles. The molecule has 0 spiro atoms. The second-order valence-electron chi connectivity index (χ2n) is 5.29. The number of aliphatic hydroxyl groups is 1. The number of aliphatic hydroxyl groups excluding tert-OH is 1. The molecule has 2 N–H and O–H groups in total. The van der Waals surface area contributed by atoms with E-state index >= 15 is 0 Å². The number of ether oxygens (including phenoxy) is 1. The molecule has 0 fully saturated rings. The molecule has 0 saturated carbocycles. The fraction of sp³-hybridized carbons (Fsp3) is 0.625. The number of rotatable bonds is 10. The summed E-state index contributed by atoms with van der Waals surface area (Å²) in [7, 11) is 0. The Labute approximate surface area is 127 Å². The van der Waals surface area contributed by atoms with Gasteiger partial charge in [0.25, 0.3) is 0 Å². The van der Waals surface area contributed by atoms with Gasteiger partial charge in [-0.1, -0.05) is 26.0 Å². The molecule has 114 valence electrons. The van der Waals surface area contributed by atoms with E-state index in [1.165, 1.54) is 10.5 Å². The normalized spacial score (nSPS) is 12.8. The Bertz CT molecular complexity index is 354. The topological polar surface area (TPSA) is 41.5 Å². The highest BCUT2D eigenvalue weighted by Crippen LogP contribution is 2.19. The Kier molecular flexibility index (Phi) is 8.94. The van der Waals surface area contributed by atoms with Gasteiger partial charge in [-0.15, -0.1) is 11.8 Å². The molecule has 0 radical (unpaired) electrons. The molecule has 3 nitrogen and oxygen atoms in total. The van der Waals surface area contributed by atoms with Crippen LogP contribution < -0.4 is 5.32 Å². The van der Waals surface area contributed by atoms with E-state index in [-0.39, 0.29) is 0 Å². The third-order valence-electron chi connectivity index (χ3n) is 2.76. The smallest absolute Gasteiger partial charge is 0.0867 e. The van der Waals surface area contributed by atoms with Gasteiger partial charge in [0, 0.05) is 23.8 Å². The van der Waals surface area contributed by atoms with E-state index in [1.807, 2.05) is 6.92 Å². The van der Waals surface area contributed by atoms with Gasteiger partial charge in [-0.3, -0.25) is 0 Å². The molecule has 0 aliphatic heterocycles. The van der Waals surface area contributed by atoms with Gasteiger partial charge in [0.05, 0.1) is 12.7 Å². The van der Waals surface area contributed by atoms with Crippen molar-refractivity contribution in [2.24, 2.45) is 5.92 Å². The van der Waals surface area contributed by atoms with Gasteiger partial charge < -0.3 is 15.2 Å². The molecule has 0 aliphatic rings. The third-order valence-corrected chi connectivity index (χ3v) is 3.92. The van der Waals surface area contributed by atoms with Crippen LogP contribution in [-0.2, 0) is 11.3 Å². The summed E-state index contributed by atoms with van der Waals surface area (Å²) in [5.74, 6) is 1.35. The van der Waals surface area contributed by atoms with Crippen LogP contribution in [0.25, 0.3) is 0 Å². The molecule has 0 aromatic heterocycles. The van der Waals surface area contributed by atoms with Gasteiger partial charge >= 0.3 is 0 Å². The number of benzene rings is 1. The molecule has 0 bridgehead atoms. The first kappa shape index (κ1) is 17.5. The summed E-state index contributed by atoms with van der Waals surface area (Å²) in [5.41, 5.74) is 1.30. The second-order valence-corrected chi connectivity index (χ2v) is 6.39. The minimum Gasteiger partial charge on any atom is -0.390 e. The van der Waals surface area contributed by atoms with Crippen LogP contribution in [0.15, 0.2) is 29.2 Å². The van der Waals surface area contributed by atoms with E-state index in [2.05, 4.69) is 43.4 Å². The lowest BCUT2D eigenvalue weighted by Crippen LogP contribution is -2.19. The zero-order valence-corrected chi connectivity index (χ0v) is 13.6. The summed E-state index contributed by atoms with van der Waals surface area (Å²) in [6.45, 7) is 9.38. The molecular weight excluding hydrogens is 270 g/mol. The molecule has 0 heterocycles. The quantitative estimate of drug-likeness (QED) is 0.652. The molecule has 1 aromatic rings. The van der Waals surface area contributed by atoms with Crippen LogP contribution in [0.5, 0.6) is 0 Å². The van der Waals surface area contributed by atoms with Crippen molar-refractivity contribution in [3.8, 4) is 0 Å². The Hall–Kier alpha value is -0.550. The maximum atomic E-state index is 9.71. The molecule has 0 amide bonds. The van der Waals surface area contributed by atoms with Gasteiger partial charge in [0.1, 0.15) is 0 Å². The van der Waals surface area contributed by atoms with Crippen LogP contribution in [0.4, 0.5) is 0 Å². The lowest BCUT2D eigenvalue weighted by atomic mass is 10.2. The van der Waals surface area contributed by atoms with E-state index in [4.69, 9.17) is 4.74 Å². The van der Waals surface area contributed by atoms with E-state index in [0.29, 0.717) is 24.9 Å². The predicted octanol–water partition coefficient (Wildman–Crippen LogP) is 2.92. The van der Waals surface area contributed by atoms with Crippen LogP contribution >= 0.6 is 11.8 Å². The number of nitrogens with one attached hydrogen (secondary N) is 1. The number of thioether (sulfide) groups is 1. The van der Waals surface area contributed by atoms with Gasteiger partial charge in [-0.05, 0) is 37.1 Å². The first-order chi connectivity index (χ1) is 9.61. The molecular formula is C16H27NO2S. The average molecular weight is 297 g/mol. The van der Waals surface area contributed by atoms with Crippen molar-refractivity contribution in [1.82, 2.24) is 5.32 Å². The number of hydrogen-bond donors (Lipinski definition) is 2. The third kappa shape index (κ3) is 7.90. The molecule has 20 heavy (non-hydrogen) atoms. The van der Waals surface area contributed by atoms with Crippen LogP contribution in [0.3, 0.4) is 0 Å². The van der Waals surface area contributed by atoms with Crippen molar-refractivity contribution >= 4 is 11.8 Å². The maximum Gasteiger partial charge on any atom is 0.0867 e. The van der Waals surface area contributed by atoms with E-state index in [0.717, 1.165) is 13.1 Å². The van der Waals surface area contributed by atoms with Crippen LogP contribution in [0, 0.1) is 5.92 Å². The Morgan fingerprint density at radius 1 is 1.25 bits per heavy atom. The highest BCUT2D eigenvalue weighted by Gasteiger charge is 2.05. The van der Waals surface area contributed by atoms with Crippen molar-refractivity contribution in [2.45, 2.75) is 38.3 Å². The Morgan fingerprint density at radius 3 is 2.55 bits per heavy atom. The Balaban J connectivity index is 2.27. The second kappa shape index (κ2) is 10.2. The largest absolute Gasteiger partial charge is 0.390 e. The molecule has 0 aliphatic carbocycles. The summed E-state index contributed by atoms with van der Waals surface area (Å²) in [4.78, 5) is 1.19. The molecule has 1 atom stereocenters. The minimum atomic E-state index is -0.396. The first-order valence-corrected chi connectivity index (χ1v) is 8.28. The molecule has 4 heteroatoms. The zero-order chi connectivity index (χ0) is 14.8. The summed E-state index contributed by atoms with van der Waals surface area (Å²) in [6, 6.07) is 8.52. The van der Waals surface area contributed by atoms with Gasteiger partial charge in [0.15, 0.2) is 0 Å². The number of hydrogen-bond acceptors (Lipinski definition) is 4. The first-order valence-electron chi connectivity index (χ1n) is 7.30. The minimum absolute atomic E-state index is 0.396. The summed E-state index contributed by atoms with van der Waals surface area (Å²) in [5, 5.41) is 13.1. The van der Waals surface area contributed by atoms with Gasteiger partial charge in [-0.25, -0.2) is 0 Å². The van der Waals surface area contributed by atoms with Crippen LogP contribution in [0.1, 0.15) is 26.3 Å². The molecule has 1 rings (SSSR count). The van der Waals surface area contributed by atoms with Gasteiger partial charge in [0.2, 0.25) is 0 Å². The van der Waals surface area contributed by atoms with Crippen molar-refractivity contribution < 1.29 is 9.84 Å². The lowest BCUT2D eigenvalue weighted by Gasteiger charge is -2.11. The van der Waals surface area contributed by atoms with Crippen molar-refractivity contribution in [3.63, 3.8) is 0 Å². The van der Waals surface area contributed by atoms with Crippen LogP contribution in [-0.4, -0.2) is 36.7 Å². The maximum absolute atomic E-state index is 9.71. The van der Waals surface area contributed by atoms with Gasteiger partial charge in [-0.2, -0.15) is 0 Å². The summed E-state index contributed by atoms with van der Waals surface area (Å²) in [6.07, 6.45) is -0.396. The lowest BCUT2D eigenvalue weighted by molar-refractivity contribution is 0.0551. The summed E-state index contributed by atoms with van der Waals surface area (Å²) < 4.78 is 5.19. The fourth-order valence-electron chi connectivity index (χ4n) is 1.70. The Morgan fingerprint density at radius 2 is 1.95 bits per heavy atom. The van der Waals surface area contributed by atoms with E-state index in [9.17, 15) is 5.11 Å². The van der Waals surface area contributed by atoms with Crippen molar-refractivity contribution in [3.05, 3.63) is 29.8 Å². The monoisotopic (exact) mass is 297 g/mol. The zero-order valence-electron chi connectivity index (χ0n) is 12.8. The average Bonchev–Trinajstić information content (AvgIpc) is 2.44. The highest BCUT2D eigenvalue weighted by molar-refractivity contribution is 7.99. The fourth-order valence-corrected chi connectivity index (χ4v) is 2.51. The van der Waals surface area contributed by atoms with Crippen molar-refractivity contribution in [2.75, 3.05) is 25.5 Å². The molecule has 1 unspecified atom stereocenters. The van der Waals surface area contributed by atoms with E-state index in [1.54, 1.807) is 11.8 Å². The predicted molar refractivity (Wildman–Crippen MR) is 86.2 cm³/mol. The highest BCUT2D eigenvalue weighted by atomic mass is 32.2. The standard InChI is InChI=1S/C16H27NO2S/c1-4-19-11-15(18)12-20-16-7-5-14(6-8-16)10-17-9-13(2)3/h5-8,13,15,17-18H,4,9-12H2,1-3H3. The SMILES string of the molecule is CCOCC(O)CSc1ccc(CNCC(C)C)cc1. The van der Waals surface area contributed by atoms with Crippen LogP contribution in [0.2, 0.25) is 0 Å².